The van der Waals surface area contributed by atoms with Gasteiger partial charge in [-0.1, -0.05) is 18.6 Å². The predicted molar refractivity (Wildman–Crippen MR) is 83.6 cm³/mol. The number of nitrogens with one attached hydrogen (secondary N) is 1. The van der Waals surface area contributed by atoms with Crippen molar-refractivity contribution in [1.29, 1.82) is 0 Å². The van der Waals surface area contributed by atoms with Crippen LogP contribution in [0.25, 0.3) is 11.4 Å². The van der Waals surface area contributed by atoms with Crippen molar-refractivity contribution in [3.8, 4) is 11.4 Å². The number of aryl methyl sites for hydroxylation is 1. The summed E-state index contributed by atoms with van der Waals surface area (Å²) in [5.74, 6) is -0.590. The van der Waals surface area contributed by atoms with Crippen LogP contribution >= 0.6 is 0 Å². The number of amides is 1. The van der Waals surface area contributed by atoms with E-state index in [1.54, 1.807) is 36.3 Å². The average molecular weight is 314 g/mol. The van der Waals surface area contributed by atoms with Crippen LogP contribution in [0, 0.1) is 5.41 Å². The summed E-state index contributed by atoms with van der Waals surface area (Å²) in [6, 6.07) is 7.20. The Labute approximate surface area is 133 Å². The van der Waals surface area contributed by atoms with Crippen LogP contribution < -0.4 is 5.32 Å². The van der Waals surface area contributed by atoms with Crippen molar-refractivity contribution in [3.05, 3.63) is 30.6 Å². The van der Waals surface area contributed by atoms with Crippen molar-refractivity contribution in [1.82, 2.24) is 14.8 Å². The third kappa shape index (κ3) is 3.08. The number of anilines is 1. The van der Waals surface area contributed by atoms with Gasteiger partial charge in [0.2, 0.25) is 5.91 Å². The zero-order chi connectivity index (χ0) is 16.4. The van der Waals surface area contributed by atoms with E-state index in [2.05, 4.69) is 15.4 Å². The molecule has 23 heavy (non-hydrogen) atoms. The average Bonchev–Trinajstić information content (AvgIpc) is 2.89. The number of aliphatic carboxylic acids is 1. The van der Waals surface area contributed by atoms with Gasteiger partial charge in [0.1, 0.15) is 6.33 Å². The molecule has 0 radical (unpaired) electrons. The number of rotatable bonds is 5. The van der Waals surface area contributed by atoms with Gasteiger partial charge in [0.05, 0.1) is 5.41 Å². The Bertz CT molecular complexity index is 749. The first kappa shape index (κ1) is 15.2. The van der Waals surface area contributed by atoms with Gasteiger partial charge in [-0.25, -0.2) is 4.98 Å². The van der Waals surface area contributed by atoms with Crippen molar-refractivity contribution in [2.45, 2.75) is 25.7 Å². The molecular weight excluding hydrogens is 296 g/mol. The highest BCUT2D eigenvalue weighted by Crippen LogP contribution is 2.44. The molecule has 0 aliphatic heterocycles. The number of carbonyl (C=O) groups excluding carboxylic acids is 1. The van der Waals surface area contributed by atoms with Crippen molar-refractivity contribution in [2.75, 3.05) is 5.32 Å². The molecule has 7 heteroatoms. The van der Waals surface area contributed by atoms with Crippen LogP contribution in [0.4, 0.5) is 5.69 Å². The minimum Gasteiger partial charge on any atom is -0.481 e. The summed E-state index contributed by atoms with van der Waals surface area (Å²) in [6.45, 7) is 0. The summed E-state index contributed by atoms with van der Waals surface area (Å²) in [7, 11) is 1.78. The van der Waals surface area contributed by atoms with Gasteiger partial charge in [0.15, 0.2) is 5.82 Å². The summed E-state index contributed by atoms with van der Waals surface area (Å²) in [4.78, 5) is 27.7. The maximum Gasteiger partial charge on any atom is 0.310 e. The lowest BCUT2D eigenvalue weighted by molar-refractivity contribution is -0.157. The monoisotopic (exact) mass is 314 g/mol. The molecule has 1 saturated carbocycles. The van der Waals surface area contributed by atoms with Gasteiger partial charge in [-0.2, -0.15) is 5.10 Å². The Balaban J connectivity index is 1.70. The fraction of sp³-hybridized carbons (Fsp3) is 0.375. The van der Waals surface area contributed by atoms with Crippen molar-refractivity contribution < 1.29 is 14.7 Å². The molecule has 0 spiro atoms. The number of carboxylic acid groups (broad SMARTS) is 1. The molecule has 1 aromatic carbocycles. The van der Waals surface area contributed by atoms with E-state index in [4.69, 9.17) is 0 Å². The van der Waals surface area contributed by atoms with Crippen LogP contribution in [0.15, 0.2) is 30.6 Å². The number of benzene rings is 1. The first-order valence-electron chi connectivity index (χ1n) is 7.48. The fourth-order valence-corrected chi connectivity index (χ4v) is 2.79. The normalized spacial score (nSPS) is 15.7. The topological polar surface area (TPSA) is 97.1 Å². The van der Waals surface area contributed by atoms with Crippen LogP contribution in [-0.4, -0.2) is 31.7 Å². The van der Waals surface area contributed by atoms with Crippen LogP contribution in [0.5, 0.6) is 0 Å². The number of carboxylic acids is 1. The standard InChI is InChI=1S/C16H18N4O3/c1-20-10-17-14(19-20)11-4-2-5-12(8-11)18-13(21)9-16(15(22)23)6-3-7-16/h2,4-5,8,10H,3,6-7,9H2,1H3,(H,18,21)(H,22,23). The lowest BCUT2D eigenvalue weighted by Crippen LogP contribution is -2.41. The van der Waals surface area contributed by atoms with E-state index in [1.807, 2.05) is 6.07 Å². The Morgan fingerprint density at radius 3 is 2.74 bits per heavy atom. The van der Waals surface area contributed by atoms with Gasteiger partial charge in [0.25, 0.3) is 0 Å². The minimum absolute atomic E-state index is 0.00833. The molecule has 0 bridgehead atoms. The van der Waals surface area contributed by atoms with Gasteiger partial charge < -0.3 is 10.4 Å². The van der Waals surface area contributed by atoms with E-state index >= 15 is 0 Å². The van der Waals surface area contributed by atoms with E-state index in [-0.39, 0.29) is 12.3 Å². The third-order valence-electron chi connectivity index (χ3n) is 4.27. The van der Waals surface area contributed by atoms with Crippen molar-refractivity contribution in [3.63, 3.8) is 0 Å². The van der Waals surface area contributed by atoms with Gasteiger partial charge in [-0.05, 0) is 25.0 Å². The predicted octanol–water partition coefficient (Wildman–Crippen LogP) is 2.07. The van der Waals surface area contributed by atoms with Crippen LogP contribution in [-0.2, 0) is 16.6 Å². The van der Waals surface area contributed by atoms with Crippen molar-refractivity contribution >= 4 is 17.6 Å². The van der Waals surface area contributed by atoms with Crippen LogP contribution in [0.2, 0.25) is 0 Å². The second kappa shape index (κ2) is 5.83. The number of hydrogen-bond acceptors (Lipinski definition) is 4. The van der Waals surface area contributed by atoms with Gasteiger partial charge in [0, 0.05) is 24.7 Å². The molecule has 3 rings (SSSR count). The summed E-state index contributed by atoms with van der Waals surface area (Å²) >= 11 is 0. The number of hydrogen-bond donors (Lipinski definition) is 2. The third-order valence-corrected chi connectivity index (χ3v) is 4.27. The fourth-order valence-electron chi connectivity index (χ4n) is 2.79. The van der Waals surface area contributed by atoms with E-state index in [9.17, 15) is 14.7 Å². The summed E-state index contributed by atoms with van der Waals surface area (Å²) < 4.78 is 1.60. The maximum absolute atomic E-state index is 12.2. The zero-order valence-corrected chi connectivity index (χ0v) is 12.8. The lowest BCUT2D eigenvalue weighted by atomic mass is 9.66. The molecule has 0 saturated heterocycles. The molecule has 1 heterocycles. The highest BCUT2D eigenvalue weighted by Gasteiger charge is 2.45. The summed E-state index contributed by atoms with van der Waals surface area (Å²) in [5, 5.41) is 16.3. The molecule has 2 N–H and O–H groups in total. The van der Waals surface area contributed by atoms with Gasteiger partial charge in [-0.3, -0.25) is 14.3 Å². The molecular formula is C16H18N4O3. The second-order valence-corrected chi connectivity index (χ2v) is 5.99. The largest absolute Gasteiger partial charge is 0.481 e. The molecule has 0 atom stereocenters. The first-order chi connectivity index (χ1) is 11.0. The molecule has 1 aliphatic rings. The maximum atomic E-state index is 12.2. The Kier molecular flexibility index (Phi) is 3.85. The summed E-state index contributed by atoms with van der Waals surface area (Å²) in [6.07, 6.45) is 3.60. The number of aromatic nitrogens is 3. The van der Waals surface area contributed by atoms with E-state index < -0.39 is 11.4 Å². The molecule has 1 aromatic heterocycles. The first-order valence-corrected chi connectivity index (χ1v) is 7.48. The summed E-state index contributed by atoms with van der Waals surface area (Å²) in [5.41, 5.74) is 0.518. The molecule has 1 amide bonds. The van der Waals surface area contributed by atoms with Crippen LogP contribution in [0.1, 0.15) is 25.7 Å². The van der Waals surface area contributed by atoms with E-state index in [0.717, 1.165) is 12.0 Å². The molecule has 7 nitrogen and oxygen atoms in total. The van der Waals surface area contributed by atoms with Gasteiger partial charge in [-0.15, -0.1) is 0 Å². The molecule has 0 unspecified atom stereocenters. The Hall–Kier alpha value is -2.70. The highest BCUT2D eigenvalue weighted by molar-refractivity contribution is 5.95. The quantitative estimate of drug-likeness (QED) is 0.880. The Morgan fingerprint density at radius 2 is 2.17 bits per heavy atom. The van der Waals surface area contributed by atoms with Crippen LogP contribution in [0.3, 0.4) is 0 Å². The SMILES string of the molecule is Cn1cnc(-c2cccc(NC(=O)CC3(C(=O)O)CCC3)c2)n1. The number of nitrogens with zero attached hydrogens (tertiary/aromatic N) is 3. The molecule has 1 aliphatic carbocycles. The molecule has 2 aromatic rings. The minimum atomic E-state index is -0.885. The highest BCUT2D eigenvalue weighted by atomic mass is 16.4. The Morgan fingerprint density at radius 1 is 1.39 bits per heavy atom. The molecule has 120 valence electrons. The van der Waals surface area contributed by atoms with Crippen molar-refractivity contribution in [2.24, 2.45) is 12.5 Å². The second-order valence-electron chi connectivity index (χ2n) is 5.99. The lowest BCUT2D eigenvalue weighted by Gasteiger charge is -2.36. The van der Waals surface area contributed by atoms with Gasteiger partial charge >= 0.3 is 5.97 Å². The zero-order valence-electron chi connectivity index (χ0n) is 12.8. The molecule has 1 fully saturated rings. The van der Waals surface area contributed by atoms with E-state index in [0.29, 0.717) is 24.4 Å². The number of carbonyl (C=O) groups is 2. The smallest absolute Gasteiger partial charge is 0.310 e. The van der Waals surface area contributed by atoms with E-state index in [1.165, 1.54) is 0 Å².